The summed E-state index contributed by atoms with van der Waals surface area (Å²) in [6.45, 7) is 4.41. The van der Waals surface area contributed by atoms with Crippen LogP contribution in [0.3, 0.4) is 0 Å². The van der Waals surface area contributed by atoms with Crippen LogP contribution in [-0.4, -0.2) is 12.5 Å². The minimum Gasteiger partial charge on any atom is -0.494 e. The van der Waals surface area contributed by atoms with Crippen molar-refractivity contribution >= 4 is 23.2 Å². The van der Waals surface area contributed by atoms with Crippen LogP contribution in [0, 0.1) is 13.8 Å². The van der Waals surface area contributed by atoms with Crippen LogP contribution in [0.2, 0.25) is 5.02 Å². The highest BCUT2D eigenvalue weighted by Gasteiger charge is 2.05. The van der Waals surface area contributed by atoms with Crippen LogP contribution in [0.1, 0.15) is 24.0 Å². The molecule has 0 aliphatic carbocycles. The number of rotatable bonds is 6. The predicted molar refractivity (Wildman–Crippen MR) is 90.7 cm³/mol. The molecule has 2 aromatic rings. The Morgan fingerprint density at radius 1 is 1.14 bits per heavy atom. The third-order valence-corrected chi connectivity index (χ3v) is 3.88. The third kappa shape index (κ3) is 4.78. The van der Waals surface area contributed by atoms with Crippen molar-refractivity contribution in [3.8, 4) is 5.75 Å². The Hall–Kier alpha value is -2.00. The van der Waals surface area contributed by atoms with E-state index in [1.54, 1.807) is 0 Å². The number of para-hydroxylation sites is 1. The second kappa shape index (κ2) is 7.85. The summed E-state index contributed by atoms with van der Waals surface area (Å²) in [6.07, 6.45) is 1.10. The van der Waals surface area contributed by atoms with Gasteiger partial charge in [0.15, 0.2) is 0 Å². The average Bonchev–Trinajstić information content (AvgIpc) is 2.50. The topological polar surface area (TPSA) is 38.3 Å². The molecule has 0 bridgehead atoms. The van der Waals surface area contributed by atoms with Gasteiger partial charge in [-0.05, 0) is 55.7 Å². The van der Waals surface area contributed by atoms with Gasteiger partial charge >= 0.3 is 0 Å². The van der Waals surface area contributed by atoms with E-state index in [9.17, 15) is 4.79 Å². The molecule has 116 valence electrons. The normalized spacial score (nSPS) is 10.3. The maximum Gasteiger partial charge on any atom is 0.224 e. The molecule has 2 aromatic carbocycles. The highest BCUT2D eigenvalue weighted by atomic mass is 35.5. The van der Waals surface area contributed by atoms with Crippen LogP contribution < -0.4 is 10.1 Å². The van der Waals surface area contributed by atoms with E-state index in [0.29, 0.717) is 19.4 Å². The van der Waals surface area contributed by atoms with Gasteiger partial charge in [0.05, 0.1) is 6.61 Å². The molecule has 0 aliphatic rings. The van der Waals surface area contributed by atoms with E-state index in [-0.39, 0.29) is 5.91 Å². The van der Waals surface area contributed by atoms with Crippen molar-refractivity contribution in [1.29, 1.82) is 0 Å². The molecule has 3 nitrogen and oxygen atoms in total. The number of carbonyl (C=O) groups is 1. The lowest BCUT2D eigenvalue weighted by atomic mass is 10.1. The summed E-state index contributed by atoms with van der Waals surface area (Å²) in [5.41, 5.74) is 2.81. The molecule has 22 heavy (non-hydrogen) atoms. The Labute approximate surface area is 136 Å². The summed E-state index contributed by atoms with van der Waals surface area (Å²) >= 11 is 6.12. The lowest BCUT2D eigenvalue weighted by Gasteiger charge is -2.10. The SMILES string of the molecule is Cc1cc(OCCCC(=O)Nc2ccccc2)cc(C)c1Cl. The summed E-state index contributed by atoms with van der Waals surface area (Å²) in [5, 5.41) is 3.63. The van der Waals surface area contributed by atoms with E-state index in [0.717, 1.165) is 27.6 Å². The summed E-state index contributed by atoms with van der Waals surface area (Å²) in [7, 11) is 0. The molecule has 0 fully saturated rings. The van der Waals surface area contributed by atoms with Gasteiger partial charge in [-0.3, -0.25) is 4.79 Å². The van der Waals surface area contributed by atoms with Crippen molar-refractivity contribution < 1.29 is 9.53 Å². The van der Waals surface area contributed by atoms with E-state index in [1.807, 2.05) is 56.3 Å². The maximum atomic E-state index is 11.8. The summed E-state index contributed by atoms with van der Waals surface area (Å²) in [6, 6.07) is 13.3. The number of hydrogen-bond acceptors (Lipinski definition) is 2. The number of carbonyl (C=O) groups excluding carboxylic acids is 1. The number of benzene rings is 2. The Balaban J connectivity index is 1.74. The molecule has 0 aromatic heterocycles. The summed E-state index contributed by atoms with van der Waals surface area (Å²) in [5.74, 6) is 0.793. The van der Waals surface area contributed by atoms with Gasteiger partial charge in [0.2, 0.25) is 5.91 Å². The van der Waals surface area contributed by atoms with Crippen molar-refractivity contribution in [1.82, 2.24) is 0 Å². The van der Waals surface area contributed by atoms with Gasteiger partial charge in [-0.15, -0.1) is 0 Å². The lowest BCUT2D eigenvalue weighted by molar-refractivity contribution is -0.116. The zero-order chi connectivity index (χ0) is 15.9. The molecule has 0 radical (unpaired) electrons. The van der Waals surface area contributed by atoms with Gasteiger partial charge in [0.25, 0.3) is 0 Å². The number of anilines is 1. The first-order valence-corrected chi connectivity index (χ1v) is 7.68. The van der Waals surface area contributed by atoms with Crippen LogP contribution in [0.25, 0.3) is 0 Å². The first kappa shape index (κ1) is 16.4. The Morgan fingerprint density at radius 2 is 1.77 bits per heavy atom. The van der Waals surface area contributed by atoms with Crippen LogP contribution >= 0.6 is 11.6 Å². The number of nitrogens with one attached hydrogen (secondary N) is 1. The largest absolute Gasteiger partial charge is 0.494 e. The maximum absolute atomic E-state index is 11.8. The Morgan fingerprint density at radius 3 is 2.41 bits per heavy atom. The molecule has 0 atom stereocenters. The van der Waals surface area contributed by atoms with Gasteiger partial charge in [-0.2, -0.15) is 0 Å². The number of aryl methyl sites for hydroxylation is 2. The van der Waals surface area contributed by atoms with Crippen molar-refractivity contribution in [3.05, 3.63) is 58.6 Å². The molecule has 0 saturated heterocycles. The van der Waals surface area contributed by atoms with Crippen molar-refractivity contribution in [2.45, 2.75) is 26.7 Å². The predicted octanol–water partition coefficient (Wildman–Crippen LogP) is 4.75. The second-order valence-electron chi connectivity index (χ2n) is 5.24. The minimum absolute atomic E-state index is 0.00160. The molecular formula is C18H20ClNO2. The highest BCUT2D eigenvalue weighted by molar-refractivity contribution is 6.32. The molecule has 4 heteroatoms. The van der Waals surface area contributed by atoms with Crippen molar-refractivity contribution in [3.63, 3.8) is 0 Å². The van der Waals surface area contributed by atoms with Gasteiger partial charge < -0.3 is 10.1 Å². The van der Waals surface area contributed by atoms with E-state index in [1.165, 1.54) is 0 Å². The lowest BCUT2D eigenvalue weighted by Crippen LogP contribution is -2.12. The summed E-state index contributed by atoms with van der Waals surface area (Å²) in [4.78, 5) is 11.8. The van der Waals surface area contributed by atoms with Crippen molar-refractivity contribution in [2.24, 2.45) is 0 Å². The van der Waals surface area contributed by atoms with Crippen LogP contribution in [0.15, 0.2) is 42.5 Å². The van der Waals surface area contributed by atoms with Gasteiger partial charge in [-0.25, -0.2) is 0 Å². The standard InChI is InChI=1S/C18H20ClNO2/c1-13-11-16(12-14(2)18(13)19)22-10-6-9-17(21)20-15-7-4-3-5-8-15/h3-5,7-8,11-12H,6,9-10H2,1-2H3,(H,20,21). The smallest absolute Gasteiger partial charge is 0.224 e. The van der Waals surface area contributed by atoms with Gasteiger partial charge in [0, 0.05) is 17.1 Å². The number of hydrogen-bond donors (Lipinski definition) is 1. The first-order valence-electron chi connectivity index (χ1n) is 7.30. The zero-order valence-electron chi connectivity index (χ0n) is 12.9. The quantitative estimate of drug-likeness (QED) is 0.780. The summed E-state index contributed by atoms with van der Waals surface area (Å²) < 4.78 is 5.68. The van der Waals surface area contributed by atoms with Crippen LogP contribution in [-0.2, 0) is 4.79 Å². The molecular weight excluding hydrogens is 298 g/mol. The number of amides is 1. The monoisotopic (exact) mass is 317 g/mol. The van der Waals surface area contributed by atoms with Gasteiger partial charge in [0.1, 0.15) is 5.75 Å². The zero-order valence-corrected chi connectivity index (χ0v) is 13.6. The Kier molecular flexibility index (Phi) is 5.84. The molecule has 2 rings (SSSR count). The fourth-order valence-corrected chi connectivity index (χ4v) is 2.27. The van der Waals surface area contributed by atoms with E-state index in [4.69, 9.17) is 16.3 Å². The second-order valence-corrected chi connectivity index (χ2v) is 5.62. The van der Waals surface area contributed by atoms with Crippen molar-refractivity contribution in [2.75, 3.05) is 11.9 Å². The van der Waals surface area contributed by atoms with Crippen LogP contribution in [0.4, 0.5) is 5.69 Å². The molecule has 0 unspecified atom stereocenters. The van der Waals surface area contributed by atoms with E-state index >= 15 is 0 Å². The molecule has 0 spiro atoms. The third-order valence-electron chi connectivity index (χ3n) is 3.28. The number of halogens is 1. The molecule has 1 N–H and O–H groups in total. The molecule has 0 heterocycles. The molecule has 0 aliphatic heterocycles. The van der Waals surface area contributed by atoms with E-state index < -0.39 is 0 Å². The van der Waals surface area contributed by atoms with Crippen LogP contribution in [0.5, 0.6) is 5.75 Å². The fourth-order valence-electron chi connectivity index (χ4n) is 2.16. The highest BCUT2D eigenvalue weighted by Crippen LogP contribution is 2.25. The minimum atomic E-state index is -0.00160. The molecule has 0 saturated carbocycles. The first-order chi connectivity index (χ1) is 10.6. The van der Waals surface area contributed by atoms with E-state index in [2.05, 4.69) is 5.32 Å². The average molecular weight is 318 g/mol. The van der Waals surface area contributed by atoms with Gasteiger partial charge in [-0.1, -0.05) is 29.8 Å². The molecule has 1 amide bonds. The Bertz CT molecular complexity index is 618. The fraction of sp³-hybridized carbons (Fsp3) is 0.278. The number of ether oxygens (including phenoxy) is 1.